The number of carbonyl (C=O) groups excluding carboxylic acids is 1. The fourth-order valence-electron chi connectivity index (χ4n) is 3.82. The van der Waals surface area contributed by atoms with Crippen LogP contribution in [0.4, 0.5) is 0 Å². The van der Waals surface area contributed by atoms with Crippen molar-refractivity contribution in [1.29, 1.82) is 0 Å². The number of fused-ring (bicyclic) bond motifs is 1. The number of aryl methyl sites for hydroxylation is 1. The van der Waals surface area contributed by atoms with Crippen LogP contribution in [0, 0.1) is 0 Å². The third-order valence-electron chi connectivity index (χ3n) is 5.60. The number of rotatable bonds is 12. The number of unbranched alkanes of at least 4 members (excludes halogenated alkanes) is 2. The summed E-state index contributed by atoms with van der Waals surface area (Å²) in [6.07, 6.45) is 11.4. The number of carbonyl (C=O) groups is 1. The number of phenolic OH excluding ortho intramolecular Hbond substituents is 1. The molecule has 0 aliphatic rings. The molecule has 1 aromatic heterocycles. The van der Waals surface area contributed by atoms with Crippen LogP contribution < -0.4 is 20.4 Å². The van der Waals surface area contributed by atoms with E-state index in [2.05, 4.69) is 52.4 Å². The number of pyridine rings is 1. The first-order valence-electron chi connectivity index (χ1n) is 11.7. The lowest BCUT2D eigenvalue weighted by Crippen LogP contribution is -2.38. The number of phenols is 1. The second kappa shape index (κ2) is 13.2. The van der Waals surface area contributed by atoms with Gasteiger partial charge in [-0.2, -0.15) is 4.57 Å². The maximum atomic E-state index is 11.8. The first-order valence-corrected chi connectivity index (χ1v) is 11.7. The zero-order valence-corrected chi connectivity index (χ0v) is 19.7. The van der Waals surface area contributed by atoms with Gasteiger partial charge in [0.2, 0.25) is 17.1 Å². The van der Waals surface area contributed by atoms with Gasteiger partial charge in [0.15, 0.2) is 11.5 Å². The number of aromatic hydroxyl groups is 1. The highest BCUT2D eigenvalue weighted by molar-refractivity contribution is 5.76. The fraction of sp³-hybridized carbons (Fsp3) is 0.286. The summed E-state index contributed by atoms with van der Waals surface area (Å²) >= 11 is 0. The number of allylic oxidation sites excluding steroid dienone is 2. The topological polar surface area (TPSA) is 88.5 Å². The van der Waals surface area contributed by atoms with E-state index >= 15 is 0 Å². The molecule has 0 aliphatic carbocycles. The summed E-state index contributed by atoms with van der Waals surface area (Å²) in [7, 11) is 1.54. The lowest BCUT2D eigenvalue weighted by atomic mass is 10.1. The molecule has 0 bridgehead atoms. The summed E-state index contributed by atoms with van der Waals surface area (Å²) in [6.45, 7) is 1.89. The number of benzene rings is 2. The van der Waals surface area contributed by atoms with Gasteiger partial charge in [0.05, 0.1) is 7.11 Å². The molecule has 0 saturated heterocycles. The van der Waals surface area contributed by atoms with Gasteiger partial charge < -0.3 is 20.9 Å². The summed E-state index contributed by atoms with van der Waals surface area (Å²) in [5, 5.41) is 13.8. The normalized spacial score (nSPS) is 11.5. The summed E-state index contributed by atoms with van der Waals surface area (Å²) in [5.74, 6) is 0.656. The van der Waals surface area contributed by atoms with Gasteiger partial charge >= 0.3 is 0 Å². The van der Waals surface area contributed by atoms with Crippen molar-refractivity contribution in [3.05, 3.63) is 78.0 Å². The highest BCUT2D eigenvalue weighted by Gasteiger charge is 2.13. The Morgan fingerprint density at radius 1 is 1.06 bits per heavy atom. The predicted octanol–water partition coefficient (Wildman–Crippen LogP) is 4.20. The molecule has 3 aromatic rings. The number of para-hydroxylation sites is 1. The Morgan fingerprint density at radius 3 is 2.71 bits per heavy atom. The molecule has 0 fully saturated rings. The minimum absolute atomic E-state index is 0.0740. The van der Waals surface area contributed by atoms with Gasteiger partial charge in [0, 0.05) is 49.5 Å². The first kappa shape index (κ1) is 25.0. The molecular weight excluding hydrogens is 426 g/mol. The van der Waals surface area contributed by atoms with Crippen LogP contribution in [-0.4, -0.2) is 31.2 Å². The molecule has 1 heterocycles. The lowest BCUT2D eigenvalue weighted by molar-refractivity contribution is -0.673. The fourth-order valence-corrected chi connectivity index (χ4v) is 3.82. The number of nitrogens with two attached hydrogens (primary N) is 1. The van der Waals surface area contributed by atoms with Gasteiger partial charge in [-0.15, -0.1) is 0 Å². The summed E-state index contributed by atoms with van der Waals surface area (Å²) in [6, 6.07) is 17.9. The minimum Gasteiger partial charge on any atom is -0.504 e. The Kier molecular flexibility index (Phi) is 9.67. The minimum atomic E-state index is 0.0740. The van der Waals surface area contributed by atoms with E-state index in [0.717, 1.165) is 37.1 Å². The predicted molar refractivity (Wildman–Crippen MR) is 137 cm³/mol. The largest absolute Gasteiger partial charge is 0.504 e. The van der Waals surface area contributed by atoms with Crippen molar-refractivity contribution in [2.45, 2.75) is 32.2 Å². The van der Waals surface area contributed by atoms with E-state index in [4.69, 9.17) is 10.5 Å². The number of nitrogens with one attached hydrogen (secondary N) is 1. The molecule has 3 rings (SSSR count). The van der Waals surface area contributed by atoms with Crippen LogP contribution in [0.2, 0.25) is 0 Å². The molecule has 0 unspecified atom stereocenters. The van der Waals surface area contributed by atoms with Crippen LogP contribution in [-0.2, 0) is 11.3 Å². The molecule has 4 N–H and O–H groups in total. The number of hydrogen-bond acceptors (Lipinski definition) is 4. The smallest absolute Gasteiger partial charge is 0.220 e. The van der Waals surface area contributed by atoms with E-state index in [1.807, 2.05) is 24.3 Å². The van der Waals surface area contributed by atoms with E-state index in [9.17, 15) is 9.90 Å². The maximum Gasteiger partial charge on any atom is 0.220 e. The van der Waals surface area contributed by atoms with Crippen molar-refractivity contribution in [2.75, 3.05) is 20.2 Å². The van der Waals surface area contributed by atoms with Gasteiger partial charge in [-0.05, 0) is 42.7 Å². The molecule has 2 aromatic carbocycles. The second-order valence-corrected chi connectivity index (χ2v) is 8.07. The monoisotopic (exact) mass is 460 g/mol. The highest BCUT2D eigenvalue weighted by atomic mass is 16.5. The zero-order valence-electron chi connectivity index (χ0n) is 19.7. The molecule has 0 aliphatic heterocycles. The van der Waals surface area contributed by atoms with Gasteiger partial charge in [-0.25, -0.2) is 0 Å². The third-order valence-corrected chi connectivity index (χ3v) is 5.60. The zero-order chi connectivity index (χ0) is 24.2. The summed E-state index contributed by atoms with van der Waals surface area (Å²) < 4.78 is 7.50. The van der Waals surface area contributed by atoms with Crippen molar-refractivity contribution in [2.24, 2.45) is 5.73 Å². The average molecular weight is 461 g/mol. The maximum absolute atomic E-state index is 11.8. The van der Waals surface area contributed by atoms with Crippen molar-refractivity contribution in [1.82, 2.24) is 5.32 Å². The number of hydrogen-bond donors (Lipinski definition) is 3. The molecule has 1 amide bonds. The van der Waals surface area contributed by atoms with Crippen LogP contribution in [0.1, 0.15) is 36.9 Å². The third kappa shape index (κ3) is 7.18. The number of methoxy groups -OCH3 is 1. The quantitative estimate of drug-likeness (QED) is 0.215. The van der Waals surface area contributed by atoms with E-state index in [1.54, 1.807) is 12.1 Å². The van der Waals surface area contributed by atoms with E-state index in [0.29, 0.717) is 25.3 Å². The molecule has 0 saturated carbocycles. The first-order chi connectivity index (χ1) is 16.6. The van der Waals surface area contributed by atoms with Crippen LogP contribution in [0.25, 0.3) is 23.1 Å². The molecular formula is C28H34N3O3+. The van der Waals surface area contributed by atoms with E-state index < -0.39 is 0 Å². The summed E-state index contributed by atoms with van der Waals surface area (Å²) in [4.78, 5) is 11.8. The highest BCUT2D eigenvalue weighted by Crippen LogP contribution is 2.26. The summed E-state index contributed by atoms with van der Waals surface area (Å²) in [5.41, 5.74) is 8.68. The number of ether oxygens (including phenoxy) is 1. The average Bonchev–Trinajstić information content (AvgIpc) is 2.86. The second-order valence-electron chi connectivity index (χ2n) is 8.07. The van der Waals surface area contributed by atoms with Crippen molar-refractivity contribution >= 4 is 29.0 Å². The van der Waals surface area contributed by atoms with Crippen molar-refractivity contribution in [3.63, 3.8) is 0 Å². The molecule has 0 radical (unpaired) electrons. The number of nitrogens with zero attached hydrogens (tertiary/aromatic N) is 1. The SMILES string of the molecule is COc1cc(/C=C/C=C/c2ccc3ccccc3[n+]2CCCCCC(=O)NCCN)ccc1O. The molecule has 0 atom stereocenters. The Balaban J connectivity index is 1.67. The number of aromatic nitrogens is 1. The van der Waals surface area contributed by atoms with Crippen LogP contribution in [0.15, 0.2) is 66.7 Å². The van der Waals surface area contributed by atoms with Crippen molar-refractivity contribution in [3.8, 4) is 11.5 Å². The standard InChI is InChI=1S/C28H33N3O3/c1-34-27-21-22(14-17-26(27)32)9-4-6-11-24-16-15-23-10-5-7-12-25(23)31(24)20-8-2-3-13-28(33)30-19-18-29/h4-7,9-12,14-17,21H,2-3,8,13,18-20,29H2,1H3,(H,30,33)/p+1. The molecule has 0 spiro atoms. The van der Waals surface area contributed by atoms with E-state index in [-0.39, 0.29) is 11.7 Å². The molecule has 6 heteroatoms. The van der Waals surface area contributed by atoms with E-state index in [1.165, 1.54) is 18.0 Å². The number of amides is 1. The Labute approximate surface area is 201 Å². The molecule has 34 heavy (non-hydrogen) atoms. The van der Waals surface area contributed by atoms with Gasteiger partial charge in [0.25, 0.3) is 0 Å². The molecule has 6 nitrogen and oxygen atoms in total. The van der Waals surface area contributed by atoms with Crippen LogP contribution in [0.3, 0.4) is 0 Å². The Morgan fingerprint density at radius 2 is 1.88 bits per heavy atom. The van der Waals surface area contributed by atoms with Crippen LogP contribution >= 0.6 is 0 Å². The Bertz CT molecular complexity index is 1150. The van der Waals surface area contributed by atoms with Gasteiger partial charge in [0.1, 0.15) is 6.54 Å². The Hall–Kier alpha value is -3.64. The van der Waals surface area contributed by atoms with Gasteiger partial charge in [-0.3, -0.25) is 4.79 Å². The van der Waals surface area contributed by atoms with Gasteiger partial charge in [-0.1, -0.05) is 36.4 Å². The lowest BCUT2D eigenvalue weighted by Gasteiger charge is -2.06. The van der Waals surface area contributed by atoms with Crippen molar-refractivity contribution < 1.29 is 19.2 Å². The molecule has 178 valence electrons. The van der Waals surface area contributed by atoms with Crippen LogP contribution in [0.5, 0.6) is 11.5 Å².